The van der Waals surface area contributed by atoms with E-state index in [1.54, 1.807) is 36.4 Å². The van der Waals surface area contributed by atoms with E-state index in [1.807, 2.05) is 0 Å². The van der Waals surface area contributed by atoms with Crippen LogP contribution in [0.4, 0.5) is 4.39 Å². The van der Waals surface area contributed by atoms with Crippen molar-refractivity contribution in [1.82, 2.24) is 10.3 Å². The molecular weight excluding hydrogens is 339 g/mol. The second kappa shape index (κ2) is 7.77. The minimum atomic E-state index is -0.395. The zero-order valence-corrected chi connectivity index (χ0v) is 14.1. The van der Waals surface area contributed by atoms with E-state index in [1.165, 1.54) is 13.2 Å². The van der Waals surface area contributed by atoms with Gasteiger partial charge in [0.2, 0.25) is 0 Å². The van der Waals surface area contributed by atoms with E-state index < -0.39 is 5.97 Å². The van der Waals surface area contributed by atoms with Gasteiger partial charge >= 0.3 is 5.97 Å². The lowest BCUT2D eigenvalue weighted by atomic mass is 10.1. The lowest BCUT2D eigenvalue weighted by Crippen LogP contribution is -2.26. The summed E-state index contributed by atoms with van der Waals surface area (Å²) in [5.74, 6) is -0.676. The quantitative estimate of drug-likeness (QED) is 0.687. The number of ether oxygens (including phenoxy) is 1. The summed E-state index contributed by atoms with van der Waals surface area (Å²) in [5, 5.41) is 2.63. The zero-order valence-electron chi connectivity index (χ0n) is 14.1. The van der Waals surface area contributed by atoms with Gasteiger partial charge in [-0.3, -0.25) is 9.59 Å². The summed E-state index contributed by atoms with van der Waals surface area (Å²) in [4.78, 5) is 27.5. The fourth-order valence-electron chi connectivity index (χ4n) is 2.48. The molecular formula is C19H17FN2O4. The van der Waals surface area contributed by atoms with Crippen LogP contribution in [0.5, 0.6) is 0 Å². The maximum atomic E-state index is 13.7. The van der Waals surface area contributed by atoms with Crippen molar-refractivity contribution in [3.8, 4) is 0 Å². The second-order valence-electron chi connectivity index (χ2n) is 5.64. The number of benzene rings is 2. The molecule has 0 saturated carbocycles. The third kappa shape index (κ3) is 4.05. The summed E-state index contributed by atoms with van der Waals surface area (Å²) in [6.07, 6.45) is 0.321. The van der Waals surface area contributed by atoms with Crippen LogP contribution in [0, 0.1) is 5.82 Å². The highest BCUT2D eigenvalue weighted by Gasteiger charge is 2.13. The van der Waals surface area contributed by atoms with Gasteiger partial charge in [-0.15, -0.1) is 0 Å². The SMILES string of the molecule is COC(=O)CCNC(=O)c1ccc2nc(Cc3ccccc3F)oc2c1. The molecule has 3 aromatic rings. The van der Waals surface area contributed by atoms with Crippen LogP contribution in [0.15, 0.2) is 46.9 Å². The fraction of sp³-hybridized carbons (Fsp3) is 0.211. The van der Waals surface area contributed by atoms with Gasteiger partial charge < -0.3 is 14.5 Å². The number of nitrogens with zero attached hydrogens (tertiary/aromatic N) is 1. The molecule has 0 bridgehead atoms. The van der Waals surface area contributed by atoms with Gasteiger partial charge in [0, 0.05) is 12.1 Å². The van der Waals surface area contributed by atoms with Crippen molar-refractivity contribution >= 4 is 23.0 Å². The first kappa shape index (κ1) is 17.6. The lowest BCUT2D eigenvalue weighted by molar-refractivity contribution is -0.140. The number of rotatable bonds is 6. The highest BCUT2D eigenvalue weighted by Crippen LogP contribution is 2.20. The number of esters is 1. The molecule has 0 aliphatic rings. The van der Waals surface area contributed by atoms with E-state index in [9.17, 15) is 14.0 Å². The Morgan fingerprint density at radius 1 is 1.23 bits per heavy atom. The molecule has 6 nitrogen and oxygen atoms in total. The molecule has 0 spiro atoms. The number of hydrogen-bond acceptors (Lipinski definition) is 5. The molecule has 0 aliphatic carbocycles. The standard InChI is InChI=1S/C19H17FN2O4/c1-25-18(23)8-9-21-19(24)13-6-7-15-16(10-13)26-17(22-15)11-12-4-2-3-5-14(12)20/h2-7,10H,8-9,11H2,1H3,(H,21,24). The van der Waals surface area contributed by atoms with Crippen LogP contribution >= 0.6 is 0 Å². The fourth-order valence-corrected chi connectivity index (χ4v) is 2.48. The number of carbonyl (C=O) groups excluding carboxylic acids is 2. The van der Waals surface area contributed by atoms with Crippen molar-refractivity contribution in [2.24, 2.45) is 0 Å². The normalized spacial score (nSPS) is 10.7. The molecule has 0 atom stereocenters. The van der Waals surface area contributed by atoms with Crippen LogP contribution in [-0.2, 0) is 16.0 Å². The number of hydrogen-bond donors (Lipinski definition) is 1. The lowest BCUT2D eigenvalue weighted by Gasteiger charge is -2.04. The molecule has 1 N–H and O–H groups in total. The summed E-state index contributed by atoms with van der Waals surface area (Å²) < 4.78 is 23.9. The number of amides is 1. The predicted octanol–water partition coefficient (Wildman–Crippen LogP) is 2.85. The predicted molar refractivity (Wildman–Crippen MR) is 92.2 cm³/mol. The van der Waals surface area contributed by atoms with Gasteiger partial charge in [-0.2, -0.15) is 0 Å². The number of carbonyl (C=O) groups is 2. The molecule has 0 fully saturated rings. The summed E-state index contributed by atoms with van der Waals surface area (Å²) in [5.41, 5.74) is 1.90. The third-order valence-electron chi connectivity index (χ3n) is 3.84. The molecule has 0 unspecified atom stereocenters. The van der Waals surface area contributed by atoms with Crippen molar-refractivity contribution in [2.75, 3.05) is 13.7 Å². The molecule has 0 radical (unpaired) electrons. The topological polar surface area (TPSA) is 81.4 Å². The maximum Gasteiger partial charge on any atom is 0.307 e. The minimum absolute atomic E-state index is 0.0968. The van der Waals surface area contributed by atoms with E-state index >= 15 is 0 Å². The van der Waals surface area contributed by atoms with Gasteiger partial charge in [-0.25, -0.2) is 9.37 Å². The van der Waals surface area contributed by atoms with E-state index in [2.05, 4.69) is 15.0 Å². The Kier molecular flexibility index (Phi) is 5.26. The van der Waals surface area contributed by atoms with Gasteiger partial charge in [0.1, 0.15) is 11.3 Å². The number of fused-ring (bicyclic) bond motifs is 1. The van der Waals surface area contributed by atoms with Crippen molar-refractivity contribution in [3.05, 3.63) is 65.3 Å². The van der Waals surface area contributed by atoms with Crippen LogP contribution < -0.4 is 5.32 Å². The molecule has 1 aromatic heterocycles. The van der Waals surface area contributed by atoms with Crippen molar-refractivity contribution in [2.45, 2.75) is 12.8 Å². The second-order valence-corrected chi connectivity index (χ2v) is 5.64. The first-order valence-corrected chi connectivity index (χ1v) is 8.04. The van der Waals surface area contributed by atoms with Gasteiger partial charge in [0.15, 0.2) is 11.5 Å². The Hall–Kier alpha value is -3.22. The van der Waals surface area contributed by atoms with Crippen molar-refractivity contribution in [1.29, 1.82) is 0 Å². The summed E-state index contributed by atoms with van der Waals surface area (Å²) >= 11 is 0. The average molecular weight is 356 g/mol. The highest BCUT2D eigenvalue weighted by molar-refractivity contribution is 5.97. The molecule has 1 heterocycles. The van der Waals surface area contributed by atoms with Gasteiger partial charge in [-0.05, 0) is 29.8 Å². The molecule has 1 amide bonds. The van der Waals surface area contributed by atoms with Crippen LogP contribution in [0.1, 0.15) is 28.2 Å². The van der Waals surface area contributed by atoms with E-state index in [-0.39, 0.29) is 31.1 Å². The molecule has 0 saturated heterocycles. The molecule has 3 rings (SSSR count). The van der Waals surface area contributed by atoms with Crippen molar-refractivity contribution in [3.63, 3.8) is 0 Å². The van der Waals surface area contributed by atoms with Crippen molar-refractivity contribution < 1.29 is 23.1 Å². The Labute approximate surface area is 149 Å². The smallest absolute Gasteiger partial charge is 0.307 e. The van der Waals surface area contributed by atoms with Gasteiger partial charge in [0.05, 0.1) is 20.0 Å². The van der Waals surface area contributed by atoms with Crippen LogP contribution in [-0.4, -0.2) is 30.5 Å². The summed E-state index contributed by atoms with van der Waals surface area (Å²) in [6, 6.07) is 11.3. The van der Waals surface area contributed by atoms with E-state index in [0.717, 1.165) is 0 Å². The number of aromatic nitrogens is 1. The molecule has 2 aromatic carbocycles. The first-order valence-electron chi connectivity index (χ1n) is 8.04. The minimum Gasteiger partial charge on any atom is -0.469 e. The monoisotopic (exact) mass is 356 g/mol. The van der Waals surface area contributed by atoms with Crippen LogP contribution in [0.25, 0.3) is 11.1 Å². The Balaban J connectivity index is 1.72. The van der Waals surface area contributed by atoms with Crippen LogP contribution in [0.2, 0.25) is 0 Å². The molecule has 7 heteroatoms. The first-order chi connectivity index (χ1) is 12.6. The zero-order chi connectivity index (χ0) is 18.5. The molecule has 134 valence electrons. The number of methoxy groups -OCH3 is 1. The average Bonchev–Trinajstić information content (AvgIpc) is 3.04. The molecule has 26 heavy (non-hydrogen) atoms. The summed E-state index contributed by atoms with van der Waals surface area (Å²) in [6.45, 7) is 0.179. The number of oxazole rings is 1. The molecule has 0 aliphatic heterocycles. The largest absolute Gasteiger partial charge is 0.469 e. The van der Waals surface area contributed by atoms with E-state index in [4.69, 9.17) is 4.42 Å². The third-order valence-corrected chi connectivity index (χ3v) is 3.84. The maximum absolute atomic E-state index is 13.7. The number of nitrogens with one attached hydrogen (secondary N) is 1. The Bertz CT molecular complexity index is 952. The highest BCUT2D eigenvalue weighted by atomic mass is 19.1. The van der Waals surface area contributed by atoms with Gasteiger partial charge in [-0.1, -0.05) is 18.2 Å². The van der Waals surface area contributed by atoms with Crippen LogP contribution in [0.3, 0.4) is 0 Å². The summed E-state index contributed by atoms with van der Waals surface area (Å²) in [7, 11) is 1.29. The number of halogens is 1. The van der Waals surface area contributed by atoms with Gasteiger partial charge in [0.25, 0.3) is 5.91 Å². The Morgan fingerprint density at radius 3 is 2.81 bits per heavy atom. The van der Waals surface area contributed by atoms with E-state index in [0.29, 0.717) is 28.1 Å². The Morgan fingerprint density at radius 2 is 2.04 bits per heavy atom.